The smallest absolute Gasteiger partial charge is 0.305 e. The van der Waals surface area contributed by atoms with E-state index in [2.05, 4.69) is 10.2 Å². The summed E-state index contributed by atoms with van der Waals surface area (Å²) >= 11 is 0. The van der Waals surface area contributed by atoms with Crippen LogP contribution >= 0.6 is 0 Å². The third-order valence-electron chi connectivity index (χ3n) is 1.27. The van der Waals surface area contributed by atoms with Crippen molar-refractivity contribution in [2.24, 2.45) is 5.84 Å². The van der Waals surface area contributed by atoms with Crippen LogP contribution in [-0.2, 0) is 0 Å². The standard InChI is InChI=1S/C4H7N7O2/c5-4-10-9-1(2(12)8-6)3(13)11(4)7/h6-7H2,(H2,5,10)(H,8,12). The van der Waals surface area contributed by atoms with Gasteiger partial charge in [-0.15, -0.1) is 10.2 Å². The fourth-order valence-corrected chi connectivity index (χ4v) is 0.621. The first-order valence-corrected chi connectivity index (χ1v) is 3.09. The molecule has 70 valence electrons. The molecular weight excluding hydrogens is 178 g/mol. The minimum atomic E-state index is -0.878. The first kappa shape index (κ1) is 8.93. The number of anilines is 1. The Kier molecular flexibility index (Phi) is 2.11. The predicted molar refractivity (Wildman–Crippen MR) is 42.5 cm³/mol. The van der Waals surface area contributed by atoms with Crippen molar-refractivity contribution < 1.29 is 4.79 Å². The van der Waals surface area contributed by atoms with Crippen molar-refractivity contribution in [1.29, 1.82) is 0 Å². The molecule has 9 heteroatoms. The van der Waals surface area contributed by atoms with Gasteiger partial charge in [0.2, 0.25) is 11.6 Å². The zero-order valence-electron chi connectivity index (χ0n) is 6.39. The summed E-state index contributed by atoms with van der Waals surface area (Å²) in [6.45, 7) is 0. The zero-order valence-corrected chi connectivity index (χ0v) is 6.39. The van der Waals surface area contributed by atoms with Crippen LogP contribution in [0.25, 0.3) is 0 Å². The van der Waals surface area contributed by atoms with Crippen LogP contribution in [0.4, 0.5) is 5.95 Å². The average Bonchev–Trinajstić information content (AvgIpc) is 2.13. The number of rotatable bonds is 1. The molecule has 0 bridgehead atoms. The molecule has 0 aromatic carbocycles. The highest BCUT2D eigenvalue weighted by atomic mass is 16.2. The molecule has 1 rings (SSSR count). The average molecular weight is 185 g/mol. The highest BCUT2D eigenvalue weighted by Crippen LogP contribution is 1.86. The van der Waals surface area contributed by atoms with E-state index in [1.807, 2.05) is 0 Å². The Hall–Kier alpha value is -2.16. The van der Waals surface area contributed by atoms with Gasteiger partial charge in [0.1, 0.15) is 0 Å². The molecule has 0 saturated heterocycles. The van der Waals surface area contributed by atoms with Crippen LogP contribution < -0.4 is 28.4 Å². The summed E-state index contributed by atoms with van der Waals surface area (Å²) in [5.74, 6) is 8.73. The van der Waals surface area contributed by atoms with Gasteiger partial charge in [-0.05, 0) is 0 Å². The maximum absolute atomic E-state index is 11.1. The molecule has 0 aliphatic rings. The van der Waals surface area contributed by atoms with Crippen LogP contribution in [0.3, 0.4) is 0 Å². The summed E-state index contributed by atoms with van der Waals surface area (Å²) in [6.07, 6.45) is 0. The third-order valence-corrected chi connectivity index (χ3v) is 1.27. The largest absolute Gasteiger partial charge is 0.366 e. The van der Waals surface area contributed by atoms with Gasteiger partial charge < -0.3 is 11.6 Å². The molecule has 0 unspecified atom stereocenters. The molecule has 9 nitrogen and oxygen atoms in total. The van der Waals surface area contributed by atoms with Crippen molar-refractivity contribution in [1.82, 2.24) is 20.3 Å². The minimum absolute atomic E-state index is 0.293. The lowest BCUT2D eigenvalue weighted by Gasteiger charge is -2.01. The van der Waals surface area contributed by atoms with Gasteiger partial charge in [0, 0.05) is 0 Å². The van der Waals surface area contributed by atoms with Crippen LogP contribution in [0.15, 0.2) is 4.79 Å². The molecule has 1 heterocycles. The second-order valence-electron chi connectivity index (χ2n) is 2.06. The van der Waals surface area contributed by atoms with Gasteiger partial charge in [-0.1, -0.05) is 0 Å². The Morgan fingerprint density at radius 2 is 2.08 bits per heavy atom. The molecule has 0 spiro atoms. The topological polar surface area (TPSA) is 155 Å². The molecule has 7 N–H and O–H groups in total. The van der Waals surface area contributed by atoms with Gasteiger partial charge in [-0.25, -0.2) is 5.84 Å². The molecule has 1 aromatic heterocycles. The van der Waals surface area contributed by atoms with E-state index in [0.29, 0.717) is 4.68 Å². The molecule has 0 aliphatic carbocycles. The van der Waals surface area contributed by atoms with Crippen molar-refractivity contribution in [3.63, 3.8) is 0 Å². The number of hydrazine groups is 1. The maximum Gasteiger partial charge on any atom is 0.305 e. The van der Waals surface area contributed by atoms with Crippen LogP contribution in [0, 0.1) is 0 Å². The Morgan fingerprint density at radius 3 is 2.62 bits per heavy atom. The zero-order chi connectivity index (χ0) is 10.0. The van der Waals surface area contributed by atoms with Gasteiger partial charge in [-0.3, -0.25) is 15.0 Å². The van der Waals surface area contributed by atoms with Crippen LogP contribution in [-0.4, -0.2) is 20.8 Å². The van der Waals surface area contributed by atoms with E-state index in [1.54, 1.807) is 5.43 Å². The SMILES string of the molecule is NNC(=O)c1nnc(N)n(N)c1=O. The third kappa shape index (κ3) is 1.39. The van der Waals surface area contributed by atoms with Gasteiger partial charge in [0.15, 0.2) is 0 Å². The number of carbonyl (C=O) groups excluding carboxylic acids is 1. The van der Waals surface area contributed by atoms with Crippen LogP contribution in [0.2, 0.25) is 0 Å². The molecule has 0 fully saturated rings. The van der Waals surface area contributed by atoms with Gasteiger partial charge in [0.05, 0.1) is 0 Å². The fourth-order valence-electron chi connectivity index (χ4n) is 0.621. The van der Waals surface area contributed by atoms with E-state index in [4.69, 9.17) is 17.4 Å². The van der Waals surface area contributed by atoms with E-state index in [9.17, 15) is 9.59 Å². The Morgan fingerprint density at radius 1 is 1.46 bits per heavy atom. The quantitative estimate of drug-likeness (QED) is 0.201. The second-order valence-corrected chi connectivity index (χ2v) is 2.06. The minimum Gasteiger partial charge on any atom is -0.366 e. The monoisotopic (exact) mass is 185 g/mol. The number of nitrogens with zero attached hydrogens (tertiary/aromatic N) is 3. The lowest BCUT2D eigenvalue weighted by Crippen LogP contribution is -2.41. The van der Waals surface area contributed by atoms with E-state index in [1.165, 1.54) is 0 Å². The van der Waals surface area contributed by atoms with E-state index in [0.717, 1.165) is 0 Å². The summed E-state index contributed by atoms with van der Waals surface area (Å²) in [5.41, 5.74) is 5.47. The van der Waals surface area contributed by atoms with Crippen molar-refractivity contribution >= 4 is 11.9 Å². The predicted octanol–water partition coefficient (Wildman–Crippen LogP) is -3.46. The first-order valence-electron chi connectivity index (χ1n) is 3.09. The molecule has 1 aromatic rings. The normalized spacial score (nSPS) is 9.62. The van der Waals surface area contributed by atoms with Crippen molar-refractivity contribution in [2.75, 3.05) is 11.6 Å². The molecular formula is C4H7N7O2. The van der Waals surface area contributed by atoms with Gasteiger partial charge >= 0.3 is 5.56 Å². The highest BCUT2D eigenvalue weighted by molar-refractivity contribution is 5.91. The lowest BCUT2D eigenvalue weighted by molar-refractivity contribution is 0.0945. The summed E-state index contributed by atoms with van der Waals surface area (Å²) in [5, 5.41) is 6.49. The van der Waals surface area contributed by atoms with Crippen LogP contribution in [0.5, 0.6) is 0 Å². The lowest BCUT2D eigenvalue weighted by atomic mass is 10.4. The Bertz CT molecular complexity index is 396. The van der Waals surface area contributed by atoms with Gasteiger partial charge in [0.25, 0.3) is 5.91 Å². The maximum atomic E-state index is 11.1. The summed E-state index contributed by atoms with van der Waals surface area (Å²) in [6, 6.07) is 0. The van der Waals surface area contributed by atoms with Crippen molar-refractivity contribution in [2.45, 2.75) is 0 Å². The summed E-state index contributed by atoms with van der Waals surface area (Å²) in [7, 11) is 0. The number of aromatic nitrogens is 3. The molecule has 0 atom stereocenters. The Labute approximate surface area is 71.5 Å². The summed E-state index contributed by atoms with van der Waals surface area (Å²) < 4.78 is 0.498. The Balaban J connectivity index is 3.35. The molecule has 1 amide bonds. The van der Waals surface area contributed by atoms with E-state index in [-0.39, 0.29) is 5.95 Å². The second kappa shape index (κ2) is 3.06. The molecule has 0 aliphatic heterocycles. The molecule has 0 saturated carbocycles. The molecule has 0 radical (unpaired) electrons. The number of hydrogen-bond donors (Lipinski definition) is 4. The van der Waals surface area contributed by atoms with Crippen LogP contribution in [0.1, 0.15) is 10.5 Å². The van der Waals surface area contributed by atoms with E-state index < -0.39 is 17.2 Å². The fraction of sp³-hybridized carbons (Fsp3) is 0. The number of nitrogens with one attached hydrogen (secondary N) is 1. The first-order chi connectivity index (χ1) is 6.07. The molecule has 13 heavy (non-hydrogen) atoms. The number of nitrogen functional groups attached to an aromatic ring is 3. The number of amides is 1. The highest BCUT2D eigenvalue weighted by Gasteiger charge is 2.14. The summed E-state index contributed by atoms with van der Waals surface area (Å²) in [4.78, 5) is 22.0. The van der Waals surface area contributed by atoms with Crippen molar-refractivity contribution in [3.8, 4) is 0 Å². The number of carbonyl (C=O) groups is 1. The van der Waals surface area contributed by atoms with Crippen molar-refractivity contribution in [3.05, 3.63) is 16.0 Å². The number of nitrogens with two attached hydrogens (primary N) is 3. The van der Waals surface area contributed by atoms with Gasteiger partial charge in [-0.2, -0.15) is 4.68 Å². The van der Waals surface area contributed by atoms with E-state index >= 15 is 0 Å². The number of hydrogen-bond acceptors (Lipinski definition) is 7.